The summed E-state index contributed by atoms with van der Waals surface area (Å²) in [5, 5.41) is 9.34. The highest BCUT2D eigenvalue weighted by atomic mass is 16.5. The van der Waals surface area contributed by atoms with Crippen molar-refractivity contribution in [3.05, 3.63) is 48.0 Å². The predicted octanol–water partition coefficient (Wildman–Crippen LogP) is 0.492. The van der Waals surface area contributed by atoms with Crippen molar-refractivity contribution >= 4 is 17.8 Å². The van der Waals surface area contributed by atoms with Crippen LogP contribution in [0.4, 0.5) is 0 Å². The Morgan fingerprint density at radius 1 is 1.17 bits per heavy atom. The topological polar surface area (TPSA) is 105 Å². The molecule has 2 bridgehead atoms. The van der Waals surface area contributed by atoms with E-state index in [1.165, 1.54) is 0 Å². The first kappa shape index (κ1) is 15.2. The van der Waals surface area contributed by atoms with Gasteiger partial charge in [0.05, 0.1) is 17.6 Å². The Hall–Kier alpha value is -2.67. The van der Waals surface area contributed by atoms with E-state index in [1.54, 1.807) is 49.4 Å². The van der Waals surface area contributed by atoms with Crippen LogP contribution in [-0.4, -0.2) is 34.6 Å². The van der Waals surface area contributed by atoms with E-state index in [-0.39, 0.29) is 0 Å². The third-order valence-corrected chi connectivity index (χ3v) is 4.24. The minimum absolute atomic E-state index is 0.387. The average molecular weight is 316 g/mol. The lowest BCUT2D eigenvalue weighted by Gasteiger charge is -2.27. The van der Waals surface area contributed by atoms with Crippen molar-refractivity contribution in [1.82, 2.24) is 10.9 Å². The van der Waals surface area contributed by atoms with Crippen LogP contribution in [0.2, 0.25) is 0 Å². The van der Waals surface area contributed by atoms with Gasteiger partial charge in [0.2, 0.25) is 5.91 Å². The maximum atomic E-state index is 12.4. The molecule has 2 amide bonds. The zero-order valence-corrected chi connectivity index (χ0v) is 12.4. The maximum Gasteiger partial charge on any atom is 0.310 e. The molecule has 4 atom stereocenters. The van der Waals surface area contributed by atoms with Crippen molar-refractivity contribution in [2.24, 2.45) is 11.8 Å². The lowest BCUT2D eigenvalue weighted by Crippen LogP contribution is -2.52. The molecule has 120 valence electrons. The molecule has 1 saturated heterocycles. The molecular weight excluding hydrogens is 300 g/mol. The number of carbonyl (C=O) groups excluding carboxylic acids is 2. The van der Waals surface area contributed by atoms with Gasteiger partial charge in [-0.15, -0.1) is 0 Å². The van der Waals surface area contributed by atoms with Crippen molar-refractivity contribution in [3.8, 4) is 0 Å². The van der Waals surface area contributed by atoms with E-state index < -0.39 is 41.3 Å². The number of carboxylic acid groups (broad SMARTS) is 1. The molecule has 0 saturated carbocycles. The summed E-state index contributed by atoms with van der Waals surface area (Å²) in [7, 11) is 0. The van der Waals surface area contributed by atoms with Gasteiger partial charge in [0.1, 0.15) is 5.92 Å². The van der Waals surface area contributed by atoms with Crippen molar-refractivity contribution < 1.29 is 24.2 Å². The van der Waals surface area contributed by atoms with Crippen molar-refractivity contribution in [2.45, 2.75) is 18.6 Å². The Balaban J connectivity index is 1.69. The summed E-state index contributed by atoms with van der Waals surface area (Å²) < 4.78 is 5.59. The summed E-state index contributed by atoms with van der Waals surface area (Å²) in [4.78, 5) is 35.7. The van der Waals surface area contributed by atoms with Gasteiger partial charge in [0, 0.05) is 5.56 Å². The Morgan fingerprint density at radius 3 is 2.52 bits per heavy atom. The lowest BCUT2D eigenvalue weighted by atomic mass is 9.76. The number of hydrazine groups is 1. The van der Waals surface area contributed by atoms with Crippen LogP contribution in [0.15, 0.2) is 42.5 Å². The van der Waals surface area contributed by atoms with E-state index in [4.69, 9.17) is 4.74 Å². The molecule has 0 spiro atoms. The summed E-state index contributed by atoms with van der Waals surface area (Å²) in [6.45, 7) is 1.66. The van der Waals surface area contributed by atoms with Crippen LogP contribution < -0.4 is 10.9 Å². The number of amides is 2. The van der Waals surface area contributed by atoms with E-state index in [0.29, 0.717) is 5.56 Å². The molecule has 1 aromatic rings. The fourth-order valence-corrected chi connectivity index (χ4v) is 3.14. The van der Waals surface area contributed by atoms with Crippen LogP contribution in [0.5, 0.6) is 0 Å². The second-order valence-corrected chi connectivity index (χ2v) is 5.78. The van der Waals surface area contributed by atoms with Gasteiger partial charge in [-0.25, -0.2) is 0 Å². The quantitative estimate of drug-likeness (QED) is 0.556. The standard InChI is InChI=1S/C16H16N2O5/c1-16-8-7-10(23-16)11(15(21)22)12(16)14(20)18-17-13(19)9-5-3-2-4-6-9/h2-8,10-12H,1H3,(H,17,19)(H,18,20)(H,21,22)/t10-,11-,12+,16+/m1/s1. The molecule has 2 aliphatic rings. The molecule has 0 aliphatic carbocycles. The van der Waals surface area contributed by atoms with Gasteiger partial charge >= 0.3 is 5.97 Å². The Bertz CT molecular complexity index is 687. The Morgan fingerprint density at radius 2 is 1.87 bits per heavy atom. The van der Waals surface area contributed by atoms with Gasteiger partial charge in [-0.1, -0.05) is 30.4 Å². The number of nitrogens with one attached hydrogen (secondary N) is 2. The summed E-state index contributed by atoms with van der Waals surface area (Å²) in [6, 6.07) is 8.38. The number of fused-ring (bicyclic) bond motifs is 2. The molecule has 7 nitrogen and oxygen atoms in total. The molecule has 2 aliphatic heterocycles. The van der Waals surface area contributed by atoms with Crippen molar-refractivity contribution in [3.63, 3.8) is 0 Å². The molecular formula is C16H16N2O5. The Labute approximate surface area is 132 Å². The van der Waals surface area contributed by atoms with Crippen molar-refractivity contribution in [1.29, 1.82) is 0 Å². The first-order valence-corrected chi connectivity index (χ1v) is 7.17. The smallest absolute Gasteiger partial charge is 0.310 e. The normalized spacial score (nSPS) is 30.9. The number of ether oxygens (including phenoxy) is 1. The predicted molar refractivity (Wildman–Crippen MR) is 79.1 cm³/mol. The van der Waals surface area contributed by atoms with Gasteiger partial charge in [-0.3, -0.25) is 25.2 Å². The summed E-state index contributed by atoms with van der Waals surface area (Å²) in [6.07, 6.45) is 2.73. The van der Waals surface area contributed by atoms with Crippen LogP contribution in [0.25, 0.3) is 0 Å². The molecule has 2 heterocycles. The fraction of sp³-hybridized carbons (Fsp3) is 0.312. The number of hydrogen-bond acceptors (Lipinski definition) is 4. The van der Waals surface area contributed by atoms with Crippen LogP contribution in [-0.2, 0) is 14.3 Å². The highest BCUT2D eigenvalue weighted by Crippen LogP contribution is 2.46. The van der Waals surface area contributed by atoms with Gasteiger partial charge in [-0.05, 0) is 19.1 Å². The third-order valence-electron chi connectivity index (χ3n) is 4.24. The molecule has 1 aromatic carbocycles. The fourth-order valence-electron chi connectivity index (χ4n) is 3.14. The molecule has 7 heteroatoms. The van der Waals surface area contributed by atoms with Gasteiger partial charge < -0.3 is 9.84 Å². The summed E-state index contributed by atoms with van der Waals surface area (Å²) in [5.41, 5.74) is 4.01. The SMILES string of the molecule is C[C@@]12C=C[C@@H](O1)[C@@H](C(=O)O)[C@H]2C(=O)NNC(=O)c1ccccc1. The molecule has 0 radical (unpaired) electrons. The zero-order chi connectivity index (χ0) is 16.6. The monoisotopic (exact) mass is 316 g/mol. The van der Waals surface area contributed by atoms with E-state index in [0.717, 1.165) is 0 Å². The first-order valence-electron chi connectivity index (χ1n) is 7.17. The number of benzene rings is 1. The van der Waals surface area contributed by atoms with E-state index in [9.17, 15) is 19.5 Å². The van der Waals surface area contributed by atoms with Crippen LogP contribution in [0, 0.1) is 11.8 Å². The summed E-state index contributed by atoms with van der Waals surface area (Å²) in [5.74, 6) is -4.05. The maximum absolute atomic E-state index is 12.4. The van der Waals surface area contributed by atoms with Gasteiger partial charge in [-0.2, -0.15) is 0 Å². The third kappa shape index (κ3) is 2.59. The average Bonchev–Trinajstić information content (AvgIpc) is 3.06. The second kappa shape index (κ2) is 5.51. The second-order valence-electron chi connectivity index (χ2n) is 5.78. The molecule has 23 heavy (non-hydrogen) atoms. The number of carbonyl (C=O) groups is 3. The van der Waals surface area contributed by atoms with Crippen LogP contribution >= 0.6 is 0 Å². The molecule has 0 aromatic heterocycles. The first-order chi connectivity index (χ1) is 10.9. The number of hydrogen-bond donors (Lipinski definition) is 3. The molecule has 0 unspecified atom stereocenters. The minimum Gasteiger partial charge on any atom is -0.481 e. The zero-order valence-electron chi connectivity index (χ0n) is 12.4. The summed E-state index contributed by atoms with van der Waals surface area (Å²) >= 11 is 0. The van der Waals surface area contributed by atoms with E-state index in [1.807, 2.05) is 0 Å². The number of aliphatic carboxylic acids is 1. The van der Waals surface area contributed by atoms with Gasteiger partial charge in [0.15, 0.2) is 0 Å². The van der Waals surface area contributed by atoms with E-state index in [2.05, 4.69) is 10.9 Å². The van der Waals surface area contributed by atoms with E-state index >= 15 is 0 Å². The number of carboxylic acids is 1. The Kier molecular flexibility index (Phi) is 3.65. The number of rotatable bonds is 3. The molecule has 1 fully saturated rings. The lowest BCUT2D eigenvalue weighted by molar-refractivity contribution is -0.147. The molecule has 3 rings (SSSR count). The van der Waals surface area contributed by atoms with Crippen LogP contribution in [0.1, 0.15) is 17.3 Å². The highest BCUT2D eigenvalue weighted by molar-refractivity contribution is 5.96. The highest BCUT2D eigenvalue weighted by Gasteiger charge is 2.59. The largest absolute Gasteiger partial charge is 0.481 e. The van der Waals surface area contributed by atoms with Gasteiger partial charge in [0.25, 0.3) is 5.91 Å². The van der Waals surface area contributed by atoms with Crippen LogP contribution in [0.3, 0.4) is 0 Å². The molecule has 3 N–H and O–H groups in total. The van der Waals surface area contributed by atoms with Crippen molar-refractivity contribution in [2.75, 3.05) is 0 Å². The minimum atomic E-state index is -1.10.